The molecule has 19 heavy (non-hydrogen) atoms. The van der Waals surface area contributed by atoms with Crippen LogP contribution in [0.5, 0.6) is 11.5 Å². The molecule has 0 aliphatic rings. The summed E-state index contributed by atoms with van der Waals surface area (Å²) in [6, 6.07) is 3.61. The number of fused-ring (bicyclic) bond motifs is 1. The summed E-state index contributed by atoms with van der Waals surface area (Å²) in [6.07, 6.45) is 1.43. The Balaban J connectivity index is 2.32. The van der Waals surface area contributed by atoms with Crippen LogP contribution in [0.25, 0.3) is 10.9 Å². The van der Waals surface area contributed by atoms with Gasteiger partial charge in [-0.15, -0.1) is 0 Å². The summed E-state index contributed by atoms with van der Waals surface area (Å²) < 4.78 is 11.0. The summed E-state index contributed by atoms with van der Waals surface area (Å²) >= 11 is 6.03. The molecule has 2 aromatic rings. The maximum Gasteiger partial charge on any atom is 0.163 e. The molecule has 0 amide bonds. The van der Waals surface area contributed by atoms with Gasteiger partial charge in [-0.25, -0.2) is 9.97 Å². The number of nitrogens with zero attached hydrogens (tertiary/aromatic N) is 3. The fourth-order valence-corrected chi connectivity index (χ4v) is 1.84. The number of hydrogen-bond donors (Lipinski definition) is 0. The molecule has 6 heteroatoms. The Morgan fingerprint density at radius 1 is 1.21 bits per heavy atom. The number of rotatable bonds is 5. The second-order valence-electron chi connectivity index (χ2n) is 4.34. The van der Waals surface area contributed by atoms with Gasteiger partial charge in [-0.2, -0.15) is 0 Å². The van der Waals surface area contributed by atoms with Crippen molar-refractivity contribution in [2.24, 2.45) is 0 Å². The van der Waals surface area contributed by atoms with Crippen molar-refractivity contribution in [3.8, 4) is 11.5 Å². The molecule has 0 bridgehead atoms. The Morgan fingerprint density at radius 2 is 2.00 bits per heavy atom. The highest BCUT2D eigenvalue weighted by Gasteiger charge is 2.10. The van der Waals surface area contributed by atoms with E-state index in [-0.39, 0.29) is 0 Å². The Labute approximate surface area is 117 Å². The van der Waals surface area contributed by atoms with Crippen molar-refractivity contribution in [2.45, 2.75) is 0 Å². The SMILES string of the molecule is COc1cc2c(Cl)ncnc2cc1OCCN(C)C. The van der Waals surface area contributed by atoms with Gasteiger partial charge in [-0.1, -0.05) is 11.6 Å². The smallest absolute Gasteiger partial charge is 0.163 e. The summed E-state index contributed by atoms with van der Waals surface area (Å²) in [5.74, 6) is 1.29. The van der Waals surface area contributed by atoms with Crippen molar-refractivity contribution in [1.29, 1.82) is 0 Å². The normalized spacial score (nSPS) is 11.0. The Morgan fingerprint density at radius 3 is 2.68 bits per heavy atom. The zero-order chi connectivity index (χ0) is 13.8. The van der Waals surface area contributed by atoms with E-state index in [1.165, 1.54) is 6.33 Å². The molecule has 1 heterocycles. The van der Waals surface area contributed by atoms with Gasteiger partial charge in [0.05, 0.1) is 12.6 Å². The highest BCUT2D eigenvalue weighted by atomic mass is 35.5. The van der Waals surface area contributed by atoms with E-state index in [2.05, 4.69) is 9.97 Å². The van der Waals surface area contributed by atoms with Crippen LogP contribution in [0.2, 0.25) is 5.15 Å². The maximum absolute atomic E-state index is 6.03. The van der Waals surface area contributed by atoms with Crippen LogP contribution in [0.1, 0.15) is 0 Å². The van der Waals surface area contributed by atoms with E-state index in [1.807, 2.05) is 25.1 Å². The first-order valence-electron chi connectivity index (χ1n) is 5.87. The lowest BCUT2D eigenvalue weighted by Crippen LogP contribution is -2.19. The lowest BCUT2D eigenvalue weighted by atomic mass is 10.2. The zero-order valence-electron chi connectivity index (χ0n) is 11.2. The van der Waals surface area contributed by atoms with E-state index < -0.39 is 0 Å². The van der Waals surface area contributed by atoms with Gasteiger partial charge >= 0.3 is 0 Å². The first-order chi connectivity index (χ1) is 9.11. The number of benzene rings is 1. The van der Waals surface area contributed by atoms with E-state index in [1.54, 1.807) is 13.2 Å². The molecule has 0 fully saturated rings. The molecule has 2 rings (SSSR count). The molecule has 0 saturated carbocycles. The van der Waals surface area contributed by atoms with Crippen LogP contribution < -0.4 is 9.47 Å². The van der Waals surface area contributed by atoms with Crippen LogP contribution in [0, 0.1) is 0 Å². The molecule has 0 saturated heterocycles. The summed E-state index contributed by atoms with van der Waals surface area (Å²) in [4.78, 5) is 10.2. The van der Waals surface area contributed by atoms with Gasteiger partial charge in [-0.3, -0.25) is 0 Å². The number of halogens is 1. The highest BCUT2D eigenvalue weighted by molar-refractivity contribution is 6.34. The molecular weight excluding hydrogens is 266 g/mol. The molecule has 0 atom stereocenters. The van der Waals surface area contributed by atoms with Gasteiger partial charge in [0.2, 0.25) is 0 Å². The number of aromatic nitrogens is 2. The second-order valence-corrected chi connectivity index (χ2v) is 4.69. The van der Waals surface area contributed by atoms with Gasteiger partial charge < -0.3 is 14.4 Å². The third kappa shape index (κ3) is 3.24. The van der Waals surface area contributed by atoms with Crippen LogP contribution in [0.3, 0.4) is 0 Å². The van der Waals surface area contributed by atoms with Gasteiger partial charge in [0.25, 0.3) is 0 Å². The molecule has 0 aliphatic carbocycles. The van der Waals surface area contributed by atoms with Gasteiger partial charge in [0, 0.05) is 18.0 Å². The average Bonchev–Trinajstić information content (AvgIpc) is 2.38. The molecule has 0 aliphatic heterocycles. The summed E-state index contributed by atoms with van der Waals surface area (Å²) in [6.45, 7) is 1.40. The largest absolute Gasteiger partial charge is 0.493 e. The lowest BCUT2D eigenvalue weighted by molar-refractivity contribution is 0.251. The number of hydrogen-bond acceptors (Lipinski definition) is 5. The van der Waals surface area contributed by atoms with Crippen molar-refractivity contribution in [3.05, 3.63) is 23.6 Å². The molecule has 1 aromatic carbocycles. The predicted molar refractivity (Wildman–Crippen MR) is 75.1 cm³/mol. The summed E-state index contributed by atoms with van der Waals surface area (Å²) in [5.41, 5.74) is 0.737. The Hall–Kier alpha value is -1.59. The molecular formula is C13H16ClN3O2. The average molecular weight is 282 g/mol. The molecule has 0 unspecified atom stereocenters. The third-order valence-corrected chi connectivity index (χ3v) is 2.97. The van der Waals surface area contributed by atoms with Crippen LogP contribution >= 0.6 is 11.6 Å². The monoisotopic (exact) mass is 281 g/mol. The number of ether oxygens (including phenoxy) is 2. The topological polar surface area (TPSA) is 47.5 Å². The van der Waals surface area contributed by atoms with E-state index in [4.69, 9.17) is 21.1 Å². The first-order valence-corrected chi connectivity index (χ1v) is 6.25. The summed E-state index contributed by atoms with van der Waals surface area (Å²) in [5, 5.41) is 1.16. The van der Waals surface area contributed by atoms with Crippen molar-refractivity contribution in [1.82, 2.24) is 14.9 Å². The molecule has 0 N–H and O–H groups in total. The predicted octanol–water partition coefficient (Wildman–Crippen LogP) is 2.23. The Bertz CT molecular complexity index is 575. The van der Waals surface area contributed by atoms with E-state index >= 15 is 0 Å². The molecule has 0 radical (unpaired) electrons. The Kier molecular flexibility index (Phi) is 4.39. The lowest BCUT2D eigenvalue weighted by Gasteiger charge is -2.14. The first kappa shape index (κ1) is 13.8. The molecule has 1 aromatic heterocycles. The van der Waals surface area contributed by atoms with E-state index in [0.717, 1.165) is 17.4 Å². The number of likely N-dealkylation sites (N-methyl/N-ethyl adjacent to an activating group) is 1. The summed E-state index contributed by atoms with van der Waals surface area (Å²) in [7, 11) is 5.58. The third-order valence-electron chi connectivity index (χ3n) is 2.67. The van der Waals surface area contributed by atoms with Crippen molar-refractivity contribution < 1.29 is 9.47 Å². The van der Waals surface area contributed by atoms with Gasteiger partial charge in [0.1, 0.15) is 18.1 Å². The molecule has 0 spiro atoms. The van der Waals surface area contributed by atoms with Crippen molar-refractivity contribution >= 4 is 22.5 Å². The van der Waals surface area contributed by atoms with Crippen LogP contribution in [-0.4, -0.2) is 49.2 Å². The zero-order valence-corrected chi connectivity index (χ0v) is 11.9. The van der Waals surface area contributed by atoms with Gasteiger partial charge in [0.15, 0.2) is 11.5 Å². The van der Waals surface area contributed by atoms with Crippen LogP contribution in [-0.2, 0) is 0 Å². The quantitative estimate of drug-likeness (QED) is 0.787. The minimum Gasteiger partial charge on any atom is -0.493 e. The van der Waals surface area contributed by atoms with E-state index in [0.29, 0.717) is 23.3 Å². The van der Waals surface area contributed by atoms with Crippen LogP contribution in [0.15, 0.2) is 18.5 Å². The minimum atomic E-state index is 0.406. The van der Waals surface area contributed by atoms with Crippen molar-refractivity contribution in [2.75, 3.05) is 34.4 Å². The van der Waals surface area contributed by atoms with E-state index in [9.17, 15) is 0 Å². The maximum atomic E-state index is 6.03. The standard InChI is InChI=1S/C13H16ClN3O2/c1-17(2)4-5-19-12-7-10-9(6-11(12)18-3)13(14)16-8-15-10/h6-8H,4-5H2,1-3H3. The number of methoxy groups -OCH3 is 1. The fourth-order valence-electron chi connectivity index (χ4n) is 1.64. The molecule has 102 valence electrons. The van der Waals surface area contributed by atoms with Gasteiger partial charge in [-0.05, 0) is 20.2 Å². The highest BCUT2D eigenvalue weighted by Crippen LogP contribution is 2.33. The minimum absolute atomic E-state index is 0.406. The fraction of sp³-hybridized carbons (Fsp3) is 0.385. The molecule has 5 nitrogen and oxygen atoms in total. The second kappa shape index (κ2) is 6.04. The van der Waals surface area contributed by atoms with Crippen molar-refractivity contribution in [3.63, 3.8) is 0 Å². The van der Waals surface area contributed by atoms with Crippen LogP contribution in [0.4, 0.5) is 0 Å².